The molecule has 0 unspecified atom stereocenters. The van der Waals surface area contributed by atoms with Crippen molar-refractivity contribution < 1.29 is 5.11 Å². The van der Waals surface area contributed by atoms with Crippen molar-refractivity contribution in [1.29, 1.82) is 0 Å². The molecule has 8 heavy (non-hydrogen) atoms. The Kier molecular flexibility index (Phi) is 2.20. The van der Waals surface area contributed by atoms with Gasteiger partial charge < -0.3 is 5.11 Å². The van der Waals surface area contributed by atoms with Gasteiger partial charge in [-0.1, -0.05) is 12.8 Å². The van der Waals surface area contributed by atoms with Gasteiger partial charge in [0.15, 0.2) is 0 Å². The Balaban J connectivity index is 2.28. The van der Waals surface area contributed by atoms with E-state index in [1.54, 1.807) is 0 Å². The zero-order chi connectivity index (χ0) is 5.98. The molecule has 0 aliphatic heterocycles. The molecular weight excluding hydrogens is 120 g/mol. The summed E-state index contributed by atoms with van der Waals surface area (Å²) in [6, 6.07) is 0. The van der Waals surface area contributed by atoms with E-state index in [4.69, 9.17) is 5.11 Å². The van der Waals surface area contributed by atoms with Gasteiger partial charge in [0.1, 0.15) is 0 Å². The van der Waals surface area contributed by atoms with E-state index in [-0.39, 0.29) is 11.4 Å². The number of aliphatic hydroxyl groups excluding tert-OH is 1. The molecule has 2 atom stereocenters. The van der Waals surface area contributed by atoms with E-state index in [1.807, 2.05) is 0 Å². The summed E-state index contributed by atoms with van der Waals surface area (Å²) in [6.45, 7) is 0. The third-order valence-corrected chi connectivity index (χ3v) is 2.30. The Morgan fingerprint density at radius 1 is 1.25 bits per heavy atom. The number of hydrogen-bond donors (Lipinski definition) is 2. The highest BCUT2D eigenvalue weighted by Gasteiger charge is 2.18. The van der Waals surface area contributed by atoms with Crippen LogP contribution in [0.5, 0.6) is 0 Å². The molecule has 1 saturated carbocycles. The highest BCUT2D eigenvalue weighted by molar-refractivity contribution is 7.81. The summed E-state index contributed by atoms with van der Waals surface area (Å²) in [5.41, 5.74) is 0. The molecule has 1 N–H and O–H groups in total. The van der Waals surface area contributed by atoms with Crippen LogP contribution >= 0.6 is 12.6 Å². The Morgan fingerprint density at radius 3 is 2.25 bits per heavy atom. The minimum Gasteiger partial charge on any atom is -0.392 e. The largest absolute Gasteiger partial charge is 0.392 e. The van der Waals surface area contributed by atoms with Gasteiger partial charge in [-0.25, -0.2) is 0 Å². The Labute approximate surface area is 55.5 Å². The van der Waals surface area contributed by atoms with Crippen molar-refractivity contribution in [3.05, 3.63) is 0 Å². The van der Waals surface area contributed by atoms with Gasteiger partial charge in [0.25, 0.3) is 0 Å². The summed E-state index contributed by atoms with van der Waals surface area (Å²) in [4.78, 5) is 0. The summed E-state index contributed by atoms with van der Waals surface area (Å²) in [5.74, 6) is 0. The van der Waals surface area contributed by atoms with E-state index in [0.29, 0.717) is 0 Å². The molecule has 1 nitrogen and oxygen atoms in total. The van der Waals surface area contributed by atoms with Crippen LogP contribution in [-0.2, 0) is 0 Å². The molecule has 0 aromatic carbocycles. The maximum absolute atomic E-state index is 9.10. The van der Waals surface area contributed by atoms with Crippen LogP contribution in [0.15, 0.2) is 0 Å². The zero-order valence-electron chi connectivity index (χ0n) is 4.88. The van der Waals surface area contributed by atoms with Crippen LogP contribution in [-0.4, -0.2) is 16.5 Å². The maximum atomic E-state index is 9.10. The fourth-order valence-electron chi connectivity index (χ4n) is 1.09. The molecule has 1 fully saturated rings. The summed E-state index contributed by atoms with van der Waals surface area (Å²) in [6.07, 6.45) is 4.33. The molecule has 0 bridgehead atoms. The predicted molar refractivity (Wildman–Crippen MR) is 37.2 cm³/mol. The van der Waals surface area contributed by atoms with Crippen LogP contribution in [0.4, 0.5) is 0 Å². The highest BCUT2D eigenvalue weighted by atomic mass is 32.1. The first-order valence-corrected chi connectivity index (χ1v) is 3.68. The minimum atomic E-state index is -0.132. The van der Waals surface area contributed by atoms with Crippen LogP contribution in [0.25, 0.3) is 0 Å². The van der Waals surface area contributed by atoms with Gasteiger partial charge in [0.05, 0.1) is 6.10 Å². The number of thiol groups is 1. The van der Waals surface area contributed by atoms with Gasteiger partial charge in [-0.3, -0.25) is 0 Å². The van der Waals surface area contributed by atoms with Crippen molar-refractivity contribution in [1.82, 2.24) is 0 Å². The van der Waals surface area contributed by atoms with E-state index in [0.717, 1.165) is 12.8 Å². The van der Waals surface area contributed by atoms with Crippen molar-refractivity contribution in [2.24, 2.45) is 0 Å². The quantitative estimate of drug-likeness (QED) is 0.475. The normalized spacial score (nSPS) is 39.8. The maximum Gasteiger partial charge on any atom is 0.0656 e. The molecule has 0 amide bonds. The molecule has 1 rings (SSSR count). The molecule has 1 aliphatic rings. The van der Waals surface area contributed by atoms with Crippen molar-refractivity contribution in [3.63, 3.8) is 0 Å². The fourth-order valence-corrected chi connectivity index (χ4v) is 1.42. The summed E-state index contributed by atoms with van der Waals surface area (Å²) in [7, 11) is 0. The lowest BCUT2D eigenvalue weighted by molar-refractivity contribution is 0.137. The molecule has 48 valence electrons. The van der Waals surface area contributed by atoms with E-state index >= 15 is 0 Å². The first kappa shape index (κ1) is 6.43. The van der Waals surface area contributed by atoms with Crippen molar-refractivity contribution in [2.45, 2.75) is 37.0 Å². The van der Waals surface area contributed by atoms with Gasteiger partial charge >= 0.3 is 0 Å². The summed E-state index contributed by atoms with van der Waals surface area (Å²) in [5, 5.41) is 9.35. The first-order chi connectivity index (χ1) is 3.80. The molecule has 0 aromatic rings. The van der Waals surface area contributed by atoms with Crippen LogP contribution in [0.1, 0.15) is 25.7 Å². The standard InChI is InChI=1S/C6H12OS/c7-5-3-1-2-4-6(5)8/h5-8H,1-4H2/t5-,6+/m1/s1. The van der Waals surface area contributed by atoms with E-state index in [2.05, 4.69) is 12.6 Å². The number of aliphatic hydroxyl groups is 1. The van der Waals surface area contributed by atoms with Crippen molar-refractivity contribution >= 4 is 12.6 Å². The smallest absolute Gasteiger partial charge is 0.0656 e. The molecule has 0 saturated heterocycles. The second-order valence-corrected chi connectivity index (χ2v) is 3.08. The average molecular weight is 132 g/mol. The number of hydrogen-bond acceptors (Lipinski definition) is 2. The molecular formula is C6H12OS. The van der Waals surface area contributed by atoms with Gasteiger partial charge in [-0.05, 0) is 12.8 Å². The zero-order valence-corrected chi connectivity index (χ0v) is 5.77. The van der Waals surface area contributed by atoms with Gasteiger partial charge in [-0.15, -0.1) is 0 Å². The summed E-state index contributed by atoms with van der Waals surface area (Å²) >= 11 is 4.21. The third kappa shape index (κ3) is 1.39. The lowest BCUT2D eigenvalue weighted by atomic mass is 9.97. The molecule has 0 radical (unpaired) electrons. The second kappa shape index (κ2) is 2.74. The van der Waals surface area contributed by atoms with Crippen LogP contribution in [0.3, 0.4) is 0 Å². The summed E-state index contributed by atoms with van der Waals surface area (Å²) < 4.78 is 0. The molecule has 1 aliphatic carbocycles. The van der Waals surface area contributed by atoms with Crippen molar-refractivity contribution in [2.75, 3.05) is 0 Å². The molecule has 0 spiro atoms. The monoisotopic (exact) mass is 132 g/mol. The first-order valence-electron chi connectivity index (χ1n) is 3.17. The Bertz CT molecular complexity index is 64.9. The topological polar surface area (TPSA) is 20.2 Å². The third-order valence-electron chi connectivity index (χ3n) is 1.69. The van der Waals surface area contributed by atoms with Gasteiger partial charge in [0, 0.05) is 5.25 Å². The molecule has 2 heteroatoms. The minimum absolute atomic E-state index is 0.132. The SMILES string of the molecule is O[C@@H]1CCCC[C@@H]1S. The van der Waals surface area contributed by atoms with Crippen LogP contribution in [0, 0.1) is 0 Å². The van der Waals surface area contributed by atoms with E-state index in [1.165, 1.54) is 12.8 Å². The Morgan fingerprint density at radius 2 is 1.88 bits per heavy atom. The van der Waals surface area contributed by atoms with E-state index in [9.17, 15) is 0 Å². The van der Waals surface area contributed by atoms with Crippen LogP contribution < -0.4 is 0 Å². The van der Waals surface area contributed by atoms with Crippen molar-refractivity contribution in [3.8, 4) is 0 Å². The molecule has 0 heterocycles. The van der Waals surface area contributed by atoms with Gasteiger partial charge in [-0.2, -0.15) is 12.6 Å². The fraction of sp³-hybridized carbons (Fsp3) is 1.00. The van der Waals surface area contributed by atoms with E-state index < -0.39 is 0 Å². The second-order valence-electron chi connectivity index (χ2n) is 2.42. The lowest BCUT2D eigenvalue weighted by Gasteiger charge is -2.22. The number of rotatable bonds is 0. The highest BCUT2D eigenvalue weighted by Crippen LogP contribution is 2.21. The van der Waals surface area contributed by atoms with Crippen LogP contribution in [0.2, 0.25) is 0 Å². The van der Waals surface area contributed by atoms with Gasteiger partial charge in [0.2, 0.25) is 0 Å². The lowest BCUT2D eigenvalue weighted by Crippen LogP contribution is -2.24. The molecule has 0 aromatic heterocycles. The Hall–Kier alpha value is 0.310. The predicted octanol–water partition coefficient (Wildman–Crippen LogP) is 1.22. The average Bonchev–Trinajstić information content (AvgIpc) is 1.77.